The number of hydrogen-bond acceptors (Lipinski definition) is 4. The molecule has 0 aliphatic rings. The third-order valence-corrected chi connectivity index (χ3v) is 5.18. The second-order valence-corrected chi connectivity index (χ2v) is 7.04. The lowest BCUT2D eigenvalue weighted by Gasteiger charge is -2.16. The Balaban J connectivity index is 2.13. The number of alkyl halides is 3. The Hall–Kier alpha value is -3.12. The molecule has 3 aromatic rings. The SMILES string of the molecule is Cc1c(C(N)=O)cc(-c2csc(CC#N)n2)n1Cc1ccccc1C(F)(F)F. The Labute approximate surface area is 162 Å². The lowest BCUT2D eigenvalue weighted by Crippen LogP contribution is -2.15. The van der Waals surface area contributed by atoms with Gasteiger partial charge in [0.1, 0.15) is 5.01 Å². The molecule has 1 amide bonds. The average Bonchev–Trinajstić information content (AvgIpc) is 3.20. The number of nitrogens with two attached hydrogens (primary N) is 1. The molecule has 9 heteroatoms. The summed E-state index contributed by atoms with van der Waals surface area (Å²) in [7, 11) is 0. The Bertz CT molecular complexity index is 1080. The van der Waals surface area contributed by atoms with E-state index in [2.05, 4.69) is 4.98 Å². The molecule has 0 saturated carbocycles. The highest BCUT2D eigenvalue weighted by Crippen LogP contribution is 2.34. The molecule has 0 saturated heterocycles. The van der Waals surface area contributed by atoms with E-state index in [0.29, 0.717) is 22.1 Å². The fourth-order valence-corrected chi connectivity index (χ4v) is 3.71. The van der Waals surface area contributed by atoms with Crippen LogP contribution in [-0.2, 0) is 19.1 Å². The molecule has 0 spiro atoms. The zero-order valence-electron chi connectivity index (χ0n) is 14.7. The van der Waals surface area contributed by atoms with E-state index >= 15 is 0 Å². The molecular weight excluding hydrogens is 389 g/mol. The van der Waals surface area contributed by atoms with Crippen LogP contribution in [0.15, 0.2) is 35.7 Å². The Morgan fingerprint density at radius 1 is 1.36 bits per heavy atom. The number of nitrogens with zero attached hydrogens (tertiary/aromatic N) is 3. The van der Waals surface area contributed by atoms with E-state index in [1.54, 1.807) is 16.9 Å². The topological polar surface area (TPSA) is 84.7 Å². The molecule has 2 heterocycles. The number of aromatic nitrogens is 2. The first-order valence-electron chi connectivity index (χ1n) is 8.19. The fourth-order valence-electron chi connectivity index (χ4n) is 2.99. The summed E-state index contributed by atoms with van der Waals surface area (Å²) < 4.78 is 41.7. The highest BCUT2D eigenvalue weighted by atomic mass is 32.1. The number of carbonyl (C=O) groups is 1. The normalized spacial score (nSPS) is 11.4. The van der Waals surface area contributed by atoms with Gasteiger partial charge in [0.25, 0.3) is 5.91 Å². The number of hydrogen-bond donors (Lipinski definition) is 1. The predicted octanol–water partition coefficient (Wildman–Crippen LogP) is 4.15. The largest absolute Gasteiger partial charge is 0.416 e. The Morgan fingerprint density at radius 2 is 2.07 bits per heavy atom. The average molecular weight is 404 g/mol. The summed E-state index contributed by atoms with van der Waals surface area (Å²) >= 11 is 1.27. The summed E-state index contributed by atoms with van der Waals surface area (Å²) in [4.78, 5) is 16.1. The van der Waals surface area contributed by atoms with Crippen LogP contribution >= 0.6 is 11.3 Å². The maximum Gasteiger partial charge on any atom is 0.416 e. The van der Waals surface area contributed by atoms with Gasteiger partial charge in [0.05, 0.1) is 35.0 Å². The zero-order chi connectivity index (χ0) is 20.5. The van der Waals surface area contributed by atoms with Crippen LogP contribution in [0.2, 0.25) is 0 Å². The number of primary amides is 1. The van der Waals surface area contributed by atoms with Crippen LogP contribution in [0.1, 0.15) is 32.2 Å². The van der Waals surface area contributed by atoms with Gasteiger partial charge >= 0.3 is 6.18 Å². The fraction of sp³-hybridized carbons (Fsp3) is 0.211. The van der Waals surface area contributed by atoms with Gasteiger partial charge in [-0.25, -0.2) is 4.98 Å². The number of benzene rings is 1. The highest BCUT2D eigenvalue weighted by molar-refractivity contribution is 7.10. The lowest BCUT2D eigenvalue weighted by atomic mass is 10.1. The highest BCUT2D eigenvalue weighted by Gasteiger charge is 2.33. The van der Waals surface area contributed by atoms with Crippen molar-refractivity contribution in [1.82, 2.24) is 9.55 Å². The number of amides is 1. The lowest BCUT2D eigenvalue weighted by molar-refractivity contribution is -0.138. The van der Waals surface area contributed by atoms with Crippen molar-refractivity contribution in [1.29, 1.82) is 5.26 Å². The van der Waals surface area contributed by atoms with Crippen LogP contribution in [0.4, 0.5) is 13.2 Å². The molecule has 0 bridgehead atoms. The molecule has 3 rings (SSSR count). The monoisotopic (exact) mass is 404 g/mol. The van der Waals surface area contributed by atoms with Gasteiger partial charge < -0.3 is 10.3 Å². The minimum atomic E-state index is -4.50. The first kappa shape index (κ1) is 19.6. The molecule has 0 atom stereocenters. The maximum atomic E-state index is 13.4. The molecule has 0 aliphatic heterocycles. The minimum absolute atomic E-state index is 0.0680. The molecule has 1 aromatic carbocycles. The van der Waals surface area contributed by atoms with Crippen LogP contribution < -0.4 is 5.73 Å². The van der Waals surface area contributed by atoms with Crippen molar-refractivity contribution in [2.45, 2.75) is 26.1 Å². The summed E-state index contributed by atoms with van der Waals surface area (Å²) in [5, 5.41) is 11.1. The molecule has 28 heavy (non-hydrogen) atoms. The molecule has 2 aromatic heterocycles. The second-order valence-electron chi connectivity index (χ2n) is 6.10. The van der Waals surface area contributed by atoms with Gasteiger partial charge in [-0.05, 0) is 24.6 Å². The van der Waals surface area contributed by atoms with Crippen molar-refractivity contribution in [3.63, 3.8) is 0 Å². The van der Waals surface area contributed by atoms with Crippen molar-refractivity contribution in [3.8, 4) is 17.5 Å². The number of carbonyl (C=O) groups excluding carboxylic acids is 1. The minimum Gasteiger partial charge on any atom is -0.366 e. The van der Waals surface area contributed by atoms with Gasteiger partial charge in [0.2, 0.25) is 0 Å². The van der Waals surface area contributed by atoms with Crippen LogP contribution in [0, 0.1) is 18.3 Å². The van der Waals surface area contributed by atoms with Crippen LogP contribution in [-0.4, -0.2) is 15.5 Å². The number of halogens is 3. The number of thiazole rings is 1. The van der Waals surface area contributed by atoms with Crippen molar-refractivity contribution >= 4 is 17.2 Å². The maximum absolute atomic E-state index is 13.4. The van der Waals surface area contributed by atoms with E-state index in [4.69, 9.17) is 11.0 Å². The summed E-state index contributed by atoms with van der Waals surface area (Å²) in [6.45, 7) is 1.53. The quantitative estimate of drug-likeness (QED) is 0.693. The summed E-state index contributed by atoms with van der Waals surface area (Å²) in [5.74, 6) is -0.672. The smallest absolute Gasteiger partial charge is 0.366 e. The van der Waals surface area contributed by atoms with E-state index < -0.39 is 17.6 Å². The van der Waals surface area contributed by atoms with Crippen molar-refractivity contribution in [3.05, 3.63) is 63.1 Å². The van der Waals surface area contributed by atoms with E-state index in [-0.39, 0.29) is 24.1 Å². The standard InChI is InChI=1S/C19H15F3N4OS/c1-11-13(18(24)27)8-16(15-10-28-17(25-15)6-7-23)26(11)9-12-4-2-3-5-14(12)19(20,21)22/h2-5,8,10H,6,9H2,1H3,(H2,24,27). The molecule has 0 radical (unpaired) electrons. The molecule has 0 unspecified atom stereocenters. The summed E-state index contributed by atoms with van der Waals surface area (Å²) in [6, 6.07) is 8.82. The predicted molar refractivity (Wildman–Crippen MR) is 98.7 cm³/mol. The number of rotatable bonds is 5. The third-order valence-electron chi connectivity index (χ3n) is 4.33. The van der Waals surface area contributed by atoms with Crippen LogP contribution in [0.5, 0.6) is 0 Å². The third kappa shape index (κ3) is 3.77. The Kier molecular flexibility index (Phi) is 5.25. The molecule has 144 valence electrons. The van der Waals surface area contributed by atoms with E-state index in [9.17, 15) is 18.0 Å². The molecule has 0 aliphatic carbocycles. The zero-order valence-corrected chi connectivity index (χ0v) is 15.6. The molecular formula is C19H15F3N4OS. The molecule has 0 fully saturated rings. The van der Waals surface area contributed by atoms with E-state index in [0.717, 1.165) is 6.07 Å². The van der Waals surface area contributed by atoms with Gasteiger partial charge in [0, 0.05) is 17.6 Å². The first-order chi connectivity index (χ1) is 13.2. The first-order valence-corrected chi connectivity index (χ1v) is 9.07. The van der Waals surface area contributed by atoms with Crippen molar-refractivity contribution in [2.24, 2.45) is 5.73 Å². The second kappa shape index (κ2) is 7.48. The van der Waals surface area contributed by atoms with Gasteiger partial charge in [0.15, 0.2) is 0 Å². The molecule has 5 nitrogen and oxygen atoms in total. The van der Waals surface area contributed by atoms with Crippen molar-refractivity contribution in [2.75, 3.05) is 0 Å². The van der Waals surface area contributed by atoms with Gasteiger partial charge in [-0.3, -0.25) is 4.79 Å². The van der Waals surface area contributed by atoms with Crippen LogP contribution in [0.3, 0.4) is 0 Å². The number of nitriles is 1. The van der Waals surface area contributed by atoms with E-state index in [1.807, 2.05) is 6.07 Å². The van der Waals surface area contributed by atoms with Crippen LogP contribution in [0.25, 0.3) is 11.4 Å². The van der Waals surface area contributed by atoms with E-state index in [1.165, 1.54) is 35.6 Å². The summed E-state index contributed by atoms with van der Waals surface area (Å²) in [6.07, 6.45) is -4.37. The van der Waals surface area contributed by atoms with Gasteiger partial charge in [-0.2, -0.15) is 18.4 Å². The van der Waals surface area contributed by atoms with Gasteiger partial charge in [-0.15, -0.1) is 11.3 Å². The van der Waals surface area contributed by atoms with Gasteiger partial charge in [-0.1, -0.05) is 18.2 Å². The van der Waals surface area contributed by atoms with Crippen molar-refractivity contribution < 1.29 is 18.0 Å². The summed E-state index contributed by atoms with van der Waals surface area (Å²) in [5.41, 5.74) is 6.38. The molecule has 2 N–H and O–H groups in total. The Morgan fingerprint density at radius 3 is 2.71 bits per heavy atom.